The standard InChI is InChI=1S/C17H22N2O/c1-3-17(15-7-9-18-10-8-15)19-13(2)16-6-4-5-14(11-16)12-20/h4-11,13,17,19-20H,3,12H2,1-2H3. The van der Waals surface area contributed by atoms with Crippen molar-refractivity contribution in [3.05, 3.63) is 65.5 Å². The van der Waals surface area contributed by atoms with Gasteiger partial charge in [0.1, 0.15) is 0 Å². The molecular weight excluding hydrogens is 248 g/mol. The first kappa shape index (κ1) is 14.7. The highest BCUT2D eigenvalue weighted by Crippen LogP contribution is 2.22. The van der Waals surface area contributed by atoms with Crippen LogP contribution in [0.3, 0.4) is 0 Å². The van der Waals surface area contributed by atoms with E-state index in [2.05, 4.69) is 48.4 Å². The maximum Gasteiger partial charge on any atom is 0.0681 e. The van der Waals surface area contributed by atoms with Gasteiger partial charge in [0.25, 0.3) is 0 Å². The number of hydrogen-bond donors (Lipinski definition) is 2. The fourth-order valence-corrected chi connectivity index (χ4v) is 2.40. The molecular formula is C17H22N2O. The molecule has 0 amide bonds. The first-order valence-corrected chi connectivity index (χ1v) is 7.10. The quantitative estimate of drug-likeness (QED) is 0.846. The fourth-order valence-electron chi connectivity index (χ4n) is 2.40. The number of aromatic nitrogens is 1. The lowest BCUT2D eigenvalue weighted by Crippen LogP contribution is -2.24. The summed E-state index contributed by atoms with van der Waals surface area (Å²) in [6.07, 6.45) is 4.68. The monoisotopic (exact) mass is 270 g/mol. The fraction of sp³-hybridized carbons (Fsp3) is 0.353. The second-order valence-electron chi connectivity index (χ2n) is 5.03. The van der Waals surface area contributed by atoms with Gasteiger partial charge >= 0.3 is 0 Å². The van der Waals surface area contributed by atoms with Crippen molar-refractivity contribution in [2.75, 3.05) is 0 Å². The molecule has 0 fully saturated rings. The van der Waals surface area contributed by atoms with Crippen LogP contribution in [0, 0.1) is 0 Å². The van der Waals surface area contributed by atoms with Crippen molar-refractivity contribution in [1.29, 1.82) is 0 Å². The Labute approximate surface area is 120 Å². The van der Waals surface area contributed by atoms with Gasteiger partial charge in [-0.05, 0) is 42.2 Å². The van der Waals surface area contributed by atoms with Crippen LogP contribution in [-0.4, -0.2) is 10.1 Å². The van der Waals surface area contributed by atoms with Gasteiger partial charge in [-0.15, -0.1) is 0 Å². The van der Waals surface area contributed by atoms with Crippen LogP contribution < -0.4 is 5.32 Å². The molecule has 1 aromatic heterocycles. The predicted octanol–water partition coefficient (Wildman–Crippen LogP) is 3.38. The molecule has 0 saturated heterocycles. The molecule has 0 aliphatic rings. The molecule has 0 aliphatic carbocycles. The van der Waals surface area contributed by atoms with Crippen molar-refractivity contribution in [3.63, 3.8) is 0 Å². The first-order valence-electron chi connectivity index (χ1n) is 7.10. The van der Waals surface area contributed by atoms with Gasteiger partial charge in [0.15, 0.2) is 0 Å². The Balaban J connectivity index is 2.11. The maximum absolute atomic E-state index is 9.22. The average Bonchev–Trinajstić information content (AvgIpc) is 2.53. The highest BCUT2D eigenvalue weighted by molar-refractivity contribution is 5.26. The van der Waals surface area contributed by atoms with E-state index in [-0.39, 0.29) is 12.6 Å². The number of aliphatic hydroxyl groups is 1. The summed E-state index contributed by atoms with van der Waals surface area (Å²) in [6, 6.07) is 12.7. The van der Waals surface area contributed by atoms with Gasteiger partial charge < -0.3 is 10.4 Å². The van der Waals surface area contributed by atoms with Crippen LogP contribution >= 0.6 is 0 Å². The Kier molecular flexibility index (Phi) is 5.27. The minimum atomic E-state index is 0.0854. The molecule has 2 rings (SSSR count). The Hall–Kier alpha value is -1.71. The van der Waals surface area contributed by atoms with E-state index in [9.17, 15) is 5.11 Å². The molecule has 3 heteroatoms. The SMILES string of the molecule is CCC(NC(C)c1cccc(CO)c1)c1ccncc1. The number of rotatable bonds is 6. The van der Waals surface area contributed by atoms with Gasteiger partial charge in [-0.1, -0.05) is 31.2 Å². The van der Waals surface area contributed by atoms with Crippen LogP contribution in [0.5, 0.6) is 0 Å². The lowest BCUT2D eigenvalue weighted by molar-refractivity contribution is 0.281. The van der Waals surface area contributed by atoms with Crippen LogP contribution in [0.15, 0.2) is 48.8 Å². The second kappa shape index (κ2) is 7.17. The summed E-state index contributed by atoms with van der Waals surface area (Å²) >= 11 is 0. The lowest BCUT2D eigenvalue weighted by atomic mass is 10.0. The van der Waals surface area contributed by atoms with Gasteiger partial charge in [0.2, 0.25) is 0 Å². The predicted molar refractivity (Wildman–Crippen MR) is 81.2 cm³/mol. The molecule has 0 radical (unpaired) electrons. The highest BCUT2D eigenvalue weighted by atomic mass is 16.3. The van der Waals surface area contributed by atoms with Gasteiger partial charge in [-0.3, -0.25) is 4.98 Å². The molecule has 106 valence electrons. The highest BCUT2D eigenvalue weighted by Gasteiger charge is 2.13. The molecule has 2 N–H and O–H groups in total. The van der Waals surface area contributed by atoms with Crippen LogP contribution in [0.25, 0.3) is 0 Å². The minimum absolute atomic E-state index is 0.0854. The zero-order valence-corrected chi connectivity index (χ0v) is 12.1. The Morgan fingerprint density at radius 1 is 1.15 bits per heavy atom. The number of benzene rings is 1. The third kappa shape index (κ3) is 3.65. The van der Waals surface area contributed by atoms with Crippen LogP contribution in [0.1, 0.15) is 49.0 Å². The molecule has 0 saturated carbocycles. The second-order valence-corrected chi connectivity index (χ2v) is 5.03. The molecule has 0 bridgehead atoms. The Morgan fingerprint density at radius 2 is 1.90 bits per heavy atom. The van der Waals surface area contributed by atoms with Gasteiger partial charge in [0, 0.05) is 24.5 Å². The van der Waals surface area contributed by atoms with Crippen LogP contribution in [0.2, 0.25) is 0 Å². The van der Waals surface area contributed by atoms with E-state index in [0.717, 1.165) is 12.0 Å². The van der Waals surface area contributed by atoms with Crippen molar-refractivity contribution < 1.29 is 5.11 Å². The first-order chi connectivity index (χ1) is 9.74. The van der Waals surface area contributed by atoms with Crippen molar-refractivity contribution in [2.24, 2.45) is 0 Å². The summed E-state index contributed by atoms with van der Waals surface area (Å²) in [7, 11) is 0. The molecule has 2 atom stereocenters. The molecule has 0 spiro atoms. The zero-order chi connectivity index (χ0) is 14.4. The van der Waals surface area contributed by atoms with E-state index in [4.69, 9.17) is 0 Å². The van der Waals surface area contributed by atoms with E-state index < -0.39 is 0 Å². The summed E-state index contributed by atoms with van der Waals surface area (Å²) in [5.74, 6) is 0. The van der Waals surface area contributed by atoms with Gasteiger partial charge in [0.05, 0.1) is 6.61 Å². The van der Waals surface area contributed by atoms with Crippen molar-refractivity contribution in [3.8, 4) is 0 Å². The van der Waals surface area contributed by atoms with E-state index in [0.29, 0.717) is 6.04 Å². The number of hydrogen-bond acceptors (Lipinski definition) is 3. The number of nitrogens with zero attached hydrogens (tertiary/aromatic N) is 1. The number of nitrogens with one attached hydrogen (secondary N) is 1. The molecule has 1 aromatic carbocycles. The van der Waals surface area contributed by atoms with E-state index in [1.54, 1.807) is 0 Å². The molecule has 1 heterocycles. The van der Waals surface area contributed by atoms with E-state index in [1.165, 1.54) is 11.1 Å². The largest absolute Gasteiger partial charge is 0.392 e. The average molecular weight is 270 g/mol. The van der Waals surface area contributed by atoms with Crippen molar-refractivity contribution in [2.45, 2.75) is 39.0 Å². The maximum atomic E-state index is 9.22. The summed E-state index contributed by atoms with van der Waals surface area (Å²) in [4.78, 5) is 4.07. The number of pyridine rings is 1. The zero-order valence-electron chi connectivity index (χ0n) is 12.1. The molecule has 20 heavy (non-hydrogen) atoms. The van der Waals surface area contributed by atoms with Crippen molar-refractivity contribution in [1.82, 2.24) is 10.3 Å². The van der Waals surface area contributed by atoms with Crippen LogP contribution in [0.4, 0.5) is 0 Å². The van der Waals surface area contributed by atoms with E-state index in [1.807, 2.05) is 24.5 Å². The van der Waals surface area contributed by atoms with E-state index >= 15 is 0 Å². The van der Waals surface area contributed by atoms with Gasteiger partial charge in [-0.25, -0.2) is 0 Å². The topological polar surface area (TPSA) is 45.1 Å². The van der Waals surface area contributed by atoms with Crippen molar-refractivity contribution >= 4 is 0 Å². The summed E-state index contributed by atoms with van der Waals surface area (Å²) < 4.78 is 0. The third-order valence-electron chi connectivity index (χ3n) is 3.60. The third-order valence-corrected chi connectivity index (χ3v) is 3.60. The summed E-state index contributed by atoms with van der Waals surface area (Å²) in [5.41, 5.74) is 3.41. The van der Waals surface area contributed by atoms with Crippen LogP contribution in [-0.2, 0) is 6.61 Å². The summed E-state index contributed by atoms with van der Waals surface area (Å²) in [5, 5.41) is 12.9. The minimum Gasteiger partial charge on any atom is -0.392 e. The smallest absolute Gasteiger partial charge is 0.0681 e. The molecule has 2 aromatic rings. The molecule has 0 aliphatic heterocycles. The van der Waals surface area contributed by atoms with Gasteiger partial charge in [-0.2, -0.15) is 0 Å². The lowest BCUT2D eigenvalue weighted by Gasteiger charge is -2.23. The summed E-state index contributed by atoms with van der Waals surface area (Å²) in [6.45, 7) is 4.41. The Morgan fingerprint density at radius 3 is 2.55 bits per heavy atom. The normalized spacial score (nSPS) is 13.9. The number of aliphatic hydroxyl groups excluding tert-OH is 1. The molecule has 3 nitrogen and oxygen atoms in total. The Bertz CT molecular complexity index is 528. The molecule has 2 unspecified atom stereocenters.